The third-order valence-electron chi connectivity index (χ3n) is 4.07. The van der Waals surface area contributed by atoms with E-state index in [-0.39, 0.29) is 17.4 Å². The molecule has 1 aliphatic rings. The Balaban J connectivity index is 2.09. The molecule has 1 saturated carbocycles. The zero-order valence-electron chi connectivity index (χ0n) is 11.6. The summed E-state index contributed by atoms with van der Waals surface area (Å²) in [6.45, 7) is 2.29. The van der Waals surface area contributed by atoms with Gasteiger partial charge in [-0.2, -0.15) is 0 Å². The molecule has 0 aliphatic heterocycles. The van der Waals surface area contributed by atoms with E-state index in [1.54, 1.807) is 6.92 Å². The molecule has 104 valence electrons. The summed E-state index contributed by atoms with van der Waals surface area (Å²) in [6.07, 6.45) is 4.32. The summed E-state index contributed by atoms with van der Waals surface area (Å²) in [6, 6.07) is 10.1. The van der Waals surface area contributed by atoms with Crippen LogP contribution < -0.4 is 5.32 Å². The van der Waals surface area contributed by atoms with E-state index in [9.17, 15) is 9.90 Å². The van der Waals surface area contributed by atoms with Gasteiger partial charge in [0.1, 0.15) is 0 Å². The molecule has 1 amide bonds. The molecule has 1 unspecified atom stereocenters. The lowest BCUT2D eigenvalue weighted by Gasteiger charge is -2.28. The Morgan fingerprint density at radius 1 is 1.32 bits per heavy atom. The lowest BCUT2D eigenvalue weighted by Crippen LogP contribution is -2.43. The van der Waals surface area contributed by atoms with E-state index in [0.29, 0.717) is 13.0 Å². The molecule has 19 heavy (non-hydrogen) atoms. The molecule has 0 aromatic heterocycles. The second-order valence-electron chi connectivity index (χ2n) is 5.55. The first-order valence-electron chi connectivity index (χ1n) is 7.17. The average molecular weight is 261 g/mol. The number of rotatable bonds is 5. The Kier molecular flexibility index (Phi) is 4.59. The highest BCUT2D eigenvalue weighted by Crippen LogP contribution is 2.41. The van der Waals surface area contributed by atoms with Gasteiger partial charge in [0.05, 0.1) is 11.5 Å². The lowest BCUT2D eigenvalue weighted by molar-refractivity contribution is -0.126. The van der Waals surface area contributed by atoms with Crippen LogP contribution in [0.1, 0.15) is 44.6 Å². The lowest BCUT2D eigenvalue weighted by atomic mass is 9.78. The van der Waals surface area contributed by atoms with Gasteiger partial charge in [-0.15, -0.1) is 0 Å². The van der Waals surface area contributed by atoms with Crippen LogP contribution in [0, 0.1) is 0 Å². The largest absolute Gasteiger partial charge is 0.393 e. The van der Waals surface area contributed by atoms with Gasteiger partial charge in [0, 0.05) is 6.54 Å². The molecule has 0 saturated heterocycles. The molecule has 1 aliphatic carbocycles. The predicted octanol–water partition coefficient (Wildman–Crippen LogP) is 2.39. The van der Waals surface area contributed by atoms with Gasteiger partial charge in [0.25, 0.3) is 0 Å². The minimum Gasteiger partial charge on any atom is -0.393 e. The zero-order valence-corrected chi connectivity index (χ0v) is 11.6. The van der Waals surface area contributed by atoms with E-state index < -0.39 is 0 Å². The van der Waals surface area contributed by atoms with E-state index in [1.165, 1.54) is 0 Å². The Morgan fingerprint density at radius 2 is 1.95 bits per heavy atom. The molecular weight excluding hydrogens is 238 g/mol. The van der Waals surface area contributed by atoms with Gasteiger partial charge in [-0.25, -0.2) is 0 Å². The molecule has 1 aromatic carbocycles. The molecule has 3 heteroatoms. The van der Waals surface area contributed by atoms with Gasteiger partial charge in [-0.1, -0.05) is 43.2 Å². The van der Waals surface area contributed by atoms with Crippen molar-refractivity contribution in [2.75, 3.05) is 6.54 Å². The topological polar surface area (TPSA) is 49.3 Å². The Hall–Kier alpha value is -1.35. The normalized spacial score (nSPS) is 19.1. The van der Waals surface area contributed by atoms with Crippen LogP contribution in [0.15, 0.2) is 30.3 Å². The monoisotopic (exact) mass is 261 g/mol. The second-order valence-corrected chi connectivity index (χ2v) is 5.55. The number of benzene rings is 1. The van der Waals surface area contributed by atoms with E-state index in [4.69, 9.17) is 0 Å². The van der Waals surface area contributed by atoms with Gasteiger partial charge in [0.15, 0.2) is 0 Å². The molecule has 1 aromatic rings. The van der Waals surface area contributed by atoms with Crippen LogP contribution in [0.2, 0.25) is 0 Å². The first-order valence-corrected chi connectivity index (χ1v) is 7.17. The van der Waals surface area contributed by atoms with Crippen LogP contribution in [-0.2, 0) is 10.2 Å². The number of nitrogens with one attached hydrogen (secondary N) is 1. The van der Waals surface area contributed by atoms with Crippen LogP contribution in [0.25, 0.3) is 0 Å². The fourth-order valence-corrected chi connectivity index (χ4v) is 2.95. The third kappa shape index (κ3) is 3.16. The number of hydrogen-bond donors (Lipinski definition) is 2. The van der Waals surface area contributed by atoms with E-state index in [1.807, 2.05) is 18.2 Å². The van der Waals surface area contributed by atoms with Gasteiger partial charge in [0.2, 0.25) is 5.91 Å². The van der Waals surface area contributed by atoms with E-state index >= 15 is 0 Å². The molecule has 0 spiro atoms. The number of hydrogen-bond acceptors (Lipinski definition) is 2. The minimum absolute atomic E-state index is 0.122. The average Bonchev–Trinajstić information content (AvgIpc) is 2.90. The molecule has 0 radical (unpaired) electrons. The minimum atomic E-state index is -0.364. The van der Waals surface area contributed by atoms with Crippen molar-refractivity contribution in [1.29, 1.82) is 0 Å². The predicted molar refractivity (Wildman–Crippen MR) is 75.9 cm³/mol. The molecule has 1 atom stereocenters. The Bertz CT molecular complexity index is 408. The van der Waals surface area contributed by atoms with Crippen molar-refractivity contribution in [3.8, 4) is 0 Å². The molecule has 0 bridgehead atoms. The first kappa shape index (κ1) is 14.1. The zero-order chi connectivity index (χ0) is 13.7. The van der Waals surface area contributed by atoms with E-state index in [2.05, 4.69) is 17.4 Å². The van der Waals surface area contributed by atoms with Gasteiger partial charge < -0.3 is 10.4 Å². The first-order chi connectivity index (χ1) is 9.15. The molecule has 2 rings (SSSR count). The van der Waals surface area contributed by atoms with Gasteiger partial charge in [-0.05, 0) is 31.7 Å². The second kappa shape index (κ2) is 6.20. The smallest absolute Gasteiger partial charge is 0.230 e. The number of aliphatic hydroxyl groups excluding tert-OH is 1. The number of aliphatic hydroxyl groups is 1. The van der Waals surface area contributed by atoms with Crippen LogP contribution in [0.5, 0.6) is 0 Å². The highest BCUT2D eigenvalue weighted by atomic mass is 16.3. The highest BCUT2D eigenvalue weighted by molar-refractivity contribution is 5.88. The van der Waals surface area contributed by atoms with Crippen LogP contribution in [-0.4, -0.2) is 23.7 Å². The number of carbonyl (C=O) groups is 1. The van der Waals surface area contributed by atoms with Gasteiger partial charge >= 0.3 is 0 Å². The van der Waals surface area contributed by atoms with E-state index in [0.717, 1.165) is 31.2 Å². The summed E-state index contributed by atoms with van der Waals surface area (Å²) < 4.78 is 0. The number of amides is 1. The fourth-order valence-electron chi connectivity index (χ4n) is 2.95. The maximum Gasteiger partial charge on any atom is 0.230 e. The molecule has 0 heterocycles. The number of carbonyl (C=O) groups excluding carboxylic acids is 1. The summed E-state index contributed by atoms with van der Waals surface area (Å²) in [5.41, 5.74) is 0.780. The van der Waals surface area contributed by atoms with Crippen molar-refractivity contribution in [2.24, 2.45) is 0 Å². The summed E-state index contributed by atoms with van der Waals surface area (Å²) in [7, 11) is 0. The Morgan fingerprint density at radius 3 is 2.53 bits per heavy atom. The van der Waals surface area contributed by atoms with Crippen LogP contribution in [0.3, 0.4) is 0 Å². The van der Waals surface area contributed by atoms with Crippen molar-refractivity contribution in [1.82, 2.24) is 5.32 Å². The summed E-state index contributed by atoms with van der Waals surface area (Å²) in [4.78, 5) is 12.6. The molecule has 3 nitrogen and oxygen atoms in total. The fraction of sp³-hybridized carbons (Fsp3) is 0.562. The summed E-state index contributed by atoms with van der Waals surface area (Å²) in [5, 5.41) is 12.3. The van der Waals surface area contributed by atoms with Crippen molar-refractivity contribution in [3.63, 3.8) is 0 Å². The molecular formula is C16H23NO2. The van der Waals surface area contributed by atoms with Gasteiger partial charge in [-0.3, -0.25) is 4.79 Å². The van der Waals surface area contributed by atoms with Crippen LogP contribution >= 0.6 is 0 Å². The molecule has 1 fully saturated rings. The van der Waals surface area contributed by atoms with Crippen molar-refractivity contribution in [2.45, 2.75) is 50.5 Å². The summed E-state index contributed by atoms with van der Waals surface area (Å²) in [5.74, 6) is 0.122. The highest BCUT2D eigenvalue weighted by Gasteiger charge is 2.42. The maximum atomic E-state index is 12.6. The Labute approximate surface area is 115 Å². The summed E-state index contributed by atoms with van der Waals surface area (Å²) >= 11 is 0. The van der Waals surface area contributed by atoms with Crippen molar-refractivity contribution >= 4 is 5.91 Å². The van der Waals surface area contributed by atoms with Crippen LogP contribution in [0.4, 0.5) is 0 Å². The van der Waals surface area contributed by atoms with Crippen molar-refractivity contribution in [3.05, 3.63) is 35.9 Å². The standard InChI is InChI=1S/C16H23NO2/c1-13(18)9-12-17-15(19)16(10-5-6-11-16)14-7-3-2-4-8-14/h2-4,7-8,13,18H,5-6,9-12H2,1H3,(H,17,19). The maximum absolute atomic E-state index is 12.6. The van der Waals surface area contributed by atoms with Crippen molar-refractivity contribution < 1.29 is 9.90 Å². The quantitative estimate of drug-likeness (QED) is 0.855. The molecule has 2 N–H and O–H groups in total. The SMILES string of the molecule is CC(O)CCNC(=O)C1(c2ccccc2)CCCC1. The third-order valence-corrected chi connectivity index (χ3v) is 4.07.